The average Bonchev–Trinajstić information content (AvgIpc) is 2.04. The number of hydrogen-bond acceptors (Lipinski definition) is 2. The fourth-order valence-corrected chi connectivity index (χ4v) is 1.94. The molecule has 0 aliphatic heterocycles. The Hall–Kier alpha value is -0.663. The van der Waals surface area contributed by atoms with Crippen molar-refractivity contribution in [2.24, 2.45) is 0 Å². The van der Waals surface area contributed by atoms with Crippen molar-refractivity contribution < 1.29 is 0 Å². The third kappa shape index (κ3) is 2.94. The third-order valence-electron chi connectivity index (χ3n) is 1.60. The Morgan fingerprint density at radius 2 is 1.92 bits per heavy atom. The summed E-state index contributed by atoms with van der Waals surface area (Å²) in [6.07, 6.45) is 3.56. The Kier molecular flexibility index (Phi) is 3.23. The fourth-order valence-electron chi connectivity index (χ4n) is 0.828. The first-order valence-corrected chi connectivity index (χ1v) is 8.27. The summed E-state index contributed by atoms with van der Waals surface area (Å²) in [5.41, 5.74) is 0.707. The predicted octanol–water partition coefficient (Wildman–Crippen LogP) is 1.73. The molecule has 0 fully saturated rings. The normalized spacial score (nSPS) is 10.5. The lowest BCUT2D eigenvalue weighted by Crippen LogP contribution is -2.40. The van der Waals surface area contributed by atoms with Gasteiger partial charge < -0.3 is 0 Å². The maximum Gasteiger partial charge on any atom is 0.132 e. The van der Waals surface area contributed by atoms with Gasteiger partial charge in [-0.25, -0.2) is 4.98 Å². The maximum atomic E-state index is 4.34. The highest BCUT2D eigenvalue weighted by Crippen LogP contribution is 1.98. The fraction of sp³-hybridized carbons (Fsp3) is 0.333. The molecule has 0 spiro atoms. The monoisotopic (exact) mass is 254 g/mol. The van der Waals surface area contributed by atoms with E-state index in [1.165, 1.54) is 0 Å². The van der Waals surface area contributed by atoms with Crippen molar-refractivity contribution in [3.63, 3.8) is 0 Å². The molecule has 0 atom stereocenters. The Labute approximate surface area is 87.9 Å². The Balaban J connectivity index is 2.98. The van der Waals surface area contributed by atoms with Crippen molar-refractivity contribution in [3.05, 3.63) is 18.1 Å². The van der Waals surface area contributed by atoms with Crippen LogP contribution in [-0.2, 0) is 0 Å². The first kappa shape index (κ1) is 10.4. The lowest BCUT2D eigenvalue weighted by atomic mass is 10.5. The van der Waals surface area contributed by atoms with E-state index in [1.807, 2.05) is 6.20 Å². The molecule has 0 N–H and O–H groups in total. The van der Waals surface area contributed by atoms with Crippen molar-refractivity contribution in [3.8, 4) is 10.8 Å². The summed E-state index contributed by atoms with van der Waals surface area (Å²) in [6, 6.07) is 0. The molecule has 2 nitrogen and oxygen atoms in total. The van der Waals surface area contributed by atoms with Crippen LogP contribution in [0.1, 0.15) is 5.69 Å². The standard InChI is InChI=1S/C9H11BrN2Si/c1-13(2,3)9-7-11-8(4-5-10)6-12-9/h6-7H,1-3H3. The molecule has 0 saturated carbocycles. The van der Waals surface area contributed by atoms with Gasteiger partial charge in [-0.3, -0.25) is 4.98 Å². The van der Waals surface area contributed by atoms with Gasteiger partial charge in [-0.05, 0) is 10.8 Å². The SMILES string of the molecule is C[Si](C)(C)c1cnc(C#CBr)cn1. The van der Waals surface area contributed by atoms with Gasteiger partial charge in [-0.1, -0.05) is 19.6 Å². The lowest BCUT2D eigenvalue weighted by molar-refractivity contribution is 1.20. The van der Waals surface area contributed by atoms with Gasteiger partial charge in [0.15, 0.2) is 0 Å². The molecule has 1 heterocycles. The van der Waals surface area contributed by atoms with Gasteiger partial charge in [0.2, 0.25) is 0 Å². The number of nitrogens with zero attached hydrogens (tertiary/aromatic N) is 2. The molecule has 1 aromatic rings. The van der Waals surface area contributed by atoms with Crippen molar-refractivity contribution in [1.82, 2.24) is 9.97 Å². The topological polar surface area (TPSA) is 25.8 Å². The summed E-state index contributed by atoms with van der Waals surface area (Å²) >= 11 is 3.02. The zero-order valence-electron chi connectivity index (χ0n) is 7.93. The average molecular weight is 255 g/mol. The van der Waals surface area contributed by atoms with Gasteiger partial charge in [-0.15, -0.1) is 0 Å². The second-order valence-corrected chi connectivity index (χ2v) is 9.17. The van der Waals surface area contributed by atoms with Crippen LogP contribution in [-0.4, -0.2) is 18.0 Å². The van der Waals surface area contributed by atoms with Crippen LogP contribution in [0.5, 0.6) is 0 Å². The zero-order chi connectivity index (χ0) is 9.90. The zero-order valence-corrected chi connectivity index (χ0v) is 10.5. The van der Waals surface area contributed by atoms with E-state index in [-0.39, 0.29) is 0 Å². The number of aromatic nitrogens is 2. The summed E-state index contributed by atoms with van der Waals surface area (Å²) in [7, 11) is -1.31. The number of hydrogen-bond donors (Lipinski definition) is 0. The Morgan fingerprint density at radius 1 is 1.23 bits per heavy atom. The first-order chi connectivity index (χ1) is 6.04. The van der Waals surface area contributed by atoms with Crippen molar-refractivity contribution in [1.29, 1.82) is 0 Å². The molecule has 1 rings (SSSR count). The number of rotatable bonds is 1. The highest BCUT2D eigenvalue weighted by molar-refractivity contribution is 9.12. The molecule has 0 amide bonds. The van der Waals surface area contributed by atoms with Crippen LogP contribution >= 0.6 is 15.9 Å². The van der Waals surface area contributed by atoms with Gasteiger partial charge in [0, 0.05) is 27.4 Å². The molecule has 1 aromatic heterocycles. The lowest BCUT2D eigenvalue weighted by Gasteiger charge is -2.13. The van der Waals surface area contributed by atoms with Crippen LogP contribution in [0.15, 0.2) is 12.4 Å². The molecule has 0 radical (unpaired) electrons. The van der Waals surface area contributed by atoms with E-state index < -0.39 is 8.07 Å². The van der Waals surface area contributed by atoms with E-state index in [0.717, 1.165) is 5.32 Å². The second-order valence-electron chi connectivity index (χ2n) is 3.76. The second kappa shape index (κ2) is 4.03. The molecule has 68 valence electrons. The molecule has 13 heavy (non-hydrogen) atoms. The summed E-state index contributed by atoms with van der Waals surface area (Å²) in [5.74, 6) is 2.79. The minimum absolute atomic E-state index is 0.707. The molecule has 0 unspecified atom stereocenters. The van der Waals surface area contributed by atoms with Crippen LogP contribution < -0.4 is 5.32 Å². The minimum Gasteiger partial charge on any atom is -0.262 e. The molecule has 0 aliphatic rings. The van der Waals surface area contributed by atoms with Crippen molar-refractivity contribution in [2.75, 3.05) is 0 Å². The highest BCUT2D eigenvalue weighted by atomic mass is 79.9. The van der Waals surface area contributed by atoms with Gasteiger partial charge >= 0.3 is 0 Å². The molecular weight excluding hydrogens is 244 g/mol. The van der Waals surface area contributed by atoms with E-state index in [0.29, 0.717) is 5.69 Å². The van der Waals surface area contributed by atoms with E-state index in [4.69, 9.17) is 0 Å². The Morgan fingerprint density at radius 3 is 2.31 bits per heavy atom. The molecule has 0 aliphatic carbocycles. The van der Waals surface area contributed by atoms with E-state index >= 15 is 0 Å². The third-order valence-corrected chi connectivity index (χ3v) is 3.59. The van der Waals surface area contributed by atoms with Gasteiger partial charge in [-0.2, -0.15) is 0 Å². The van der Waals surface area contributed by atoms with Crippen LogP contribution in [0.4, 0.5) is 0 Å². The number of halogens is 1. The van der Waals surface area contributed by atoms with Crippen LogP contribution in [0.25, 0.3) is 0 Å². The smallest absolute Gasteiger partial charge is 0.132 e. The van der Waals surface area contributed by atoms with E-state index in [2.05, 4.69) is 56.3 Å². The minimum atomic E-state index is -1.31. The summed E-state index contributed by atoms with van der Waals surface area (Å²) in [6.45, 7) is 6.73. The van der Waals surface area contributed by atoms with Gasteiger partial charge in [0.05, 0.1) is 6.20 Å². The summed E-state index contributed by atoms with van der Waals surface area (Å²) in [4.78, 5) is 11.2. The van der Waals surface area contributed by atoms with E-state index in [1.54, 1.807) is 6.20 Å². The molecular formula is C9H11BrN2Si. The summed E-state index contributed by atoms with van der Waals surface area (Å²) < 4.78 is 0. The molecule has 0 bridgehead atoms. The summed E-state index contributed by atoms with van der Waals surface area (Å²) in [5, 5.41) is 1.12. The van der Waals surface area contributed by atoms with Crippen molar-refractivity contribution in [2.45, 2.75) is 19.6 Å². The van der Waals surface area contributed by atoms with Gasteiger partial charge in [0.1, 0.15) is 13.8 Å². The van der Waals surface area contributed by atoms with Crippen LogP contribution in [0, 0.1) is 10.8 Å². The molecule has 4 heteroatoms. The maximum absolute atomic E-state index is 4.34. The molecule has 0 aromatic carbocycles. The van der Waals surface area contributed by atoms with Crippen molar-refractivity contribution >= 4 is 29.3 Å². The Bertz CT molecular complexity index is 343. The first-order valence-electron chi connectivity index (χ1n) is 3.98. The molecule has 0 saturated heterocycles. The van der Waals surface area contributed by atoms with Crippen LogP contribution in [0.2, 0.25) is 19.6 Å². The van der Waals surface area contributed by atoms with Gasteiger partial charge in [0.25, 0.3) is 0 Å². The quantitative estimate of drug-likeness (QED) is 0.564. The predicted molar refractivity (Wildman–Crippen MR) is 60.8 cm³/mol. The van der Waals surface area contributed by atoms with Crippen LogP contribution in [0.3, 0.4) is 0 Å². The van der Waals surface area contributed by atoms with E-state index in [9.17, 15) is 0 Å². The largest absolute Gasteiger partial charge is 0.262 e. The highest BCUT2D eigenvalue weighted by Gasteiger charge is 2.17.